The Labute approximate surface area is 121 Å². The van der Waals surface area contributed by atoms with E-state index < -0.39 is 0 Å². The highest BCUT2D eigenvalue weighted by Crippen LogP contribution is 2.49. The van der Waals surface area contributed by atoms with Crippen LogP contribution in [0.1, 0.15) is 6.92 Å². The van der Waals surface area contributed by atoms with Gasteiger partial charge in [0.2, 0.25) is 0 Å². The van der Waals surface area contributed by atoms with Gasteiger partial charge in [-0.15, -0.1) is 0 Å². The van der Waals surface area contributed by atoms with Gasteiger partial charge in [0.15, 0.2) is 0 Å². The third-order valence-electron chi connectivity index (χ3n) is 3.10. The number of nitrogens with zero attached hydrogens (tertiary/aromatic N) is 2. The first-order valence-corrected chi connectivity index (χ1v) is 7.15. The molecule has 1 heterocycles. The average molecular weight is 287 g/mol. The highest BCUT2D eigenvalue weighted by molar-refractivity contribution is 7.99. The largest absolute Gasteiger partial charge is 0.323 e. The van der Waals surface area contributed by atoms with Gasteiger partial charge in [-0.3, -0.25) is 0 Å². The van der Waals surface area contributed by atoms with Gasteiger partial charge in [0.05, 0.1) is 17.4 Å². The standard InChI is InChI=1S/C15H11ClN2S/c1-10(9-17)18-12-4-2-3-5-14(12)19-15-8-11(16)6-7-13(15)18/h2-8,10H,1H3. The molecular weight excluding hydrogens is 276 g/mol. The number of hydrogen-bond donors (Lipinski definition) is 0. The SMILES string of the molecule is CC(C#N)N1c2ccccc2Sc2cc(Cl)ccc21. The third-order valence-corrected chi connectivity index (χ3v) is 4.45. The topological polar surface area (TPSA) is 27.0 Å². The molecular formula is C15H11ClN2S. The molecule has 0 aliphatic carbocycles. The van der Waals surface area contributed by atoms with E-state index in [1.807, 2.05) is 43.3 Å². The monoisotopic (exact) mass is 286 g/mol. The first-order chi connectivity index (χ1) is 9.20. The molecule has 2 aromatic rings. The zero-order chi connectivity index (χ0) is 13.4. The van der Waals surface area contributed by atoms with Crippen molar-refractivity contribution in [1.29, 1.82) is 5.26 Å². The Balaban J connectivity index is 2.21. The third kappa shape index (κ3) is 2.07. The summed E-state index contributed by atoms with van der Waals surface area (Å²) in [6.45, 7) is 1.91. The van der Waals surface area contributed by atoms with E-state index in [2.05, 4.69) is 17.0 Å². The van der Waals surface area contributed by atoms with Crippen molar-refractivity contribution in [1.82, 2.24) is 0 Å². The van der Waals surface area contributed by atoms with Crippen LogP contribution >= 0.6 is 23.4 Å². The molecule has 0 fully saturated rings. The molecule has 2 nitrogen and oxygen atoms in total. The summed E-state index contributed by atoms with van der Waals surface area (Å²) < 4.78 is 0. The van der Waals surface area contributed by atoms with Crippen molar-refractivity contribution in [3.8, 4) is 6.07 Å². The fourth-order valence-corrected chi connectivity index (χ4v) is 3.58. The van der Waals surface area contributed by atoms with Gasteiger partial charge in [0, 0.05) is 14.8 Å². The summed E-state index contributed by atoms with van der Waals surface area (Å²) in [4.78, 5) is 4.31. The molecule has 1 aliphatic rings. The second-order valence-corrected chi connectivity index (χ2v) is 5.88. The highest BCUT2D eigenvalue weighted by Gasteiger charge is 2.26. The van der Waals surface area contributed by atoms with Gasteiger partial charge in [-0.2, -0.15) is 5.26 Å². The van der Waals surface area contributed by atoms with Gasteiger partial charge in [-0.1, -0.05) is 35.5 Å². The van der Waals surface area contributed by atoms with Crippen LogP contribution in [0.3, 0.4) is 0 Å². The number of nitriles is 1. The fourth-order valence-electron chi connectivity index (χ4n) is 2.23. The maximum Gasteiger partial charge on any atom is 0.118 e. The first kappa shape index (κ1) is 12.4. The van der Waals surface area contributed by atoms with Crippen LogP contribution in [0.25, 0.3) is 0 Å². The second-order valence-electron chi connectivity index (χ2n) is 4.36. The van der Waals surface area contributed by atoms with E-state index in [0.29, 0.717) is 0 Å². The molecule has 19 heavy (non-hydrogen) atoms. The molecule has 4 heteroatoms. The zero-order valence-electron chi connectivity index (χ0n) is 10.3. The number of para-hydroxylation sites is 1. The Morgan fingerprint density at radius 2 is 1.89 bits per heavy atom. The summed E-state index contributed by atoms with van der Waals surface area (Å²) in [7, 11) is 0. The lowest BCUT2D eigenvalue weighted by atomic mass is 10.1. The summed E-state index contributed by atoms with van der Waals surface area (Å²) in [5.41, 5.74) is 2.12. The maximum absolute atomic E-state index is 9.27. The molecule has 1 unspecified atom stereocenters. The number of rotatable bonds is 1. The second kappa shape index (κ2) is 4.80. The summed E-state index contributed by atoms with van der Waals surface area (Å²) in [6.07, 6.45) is 0. The van der Waals surface area contributed by atoms with E-state index >= 15 is 0 Å². The van der Waals surface area contributed by atoms with Crippen LogP contribution in [0, 0.1) is 11.3 Å². The Kier molecular flexibility index (Phi) is 3.14. The van der Waals surface area contributed by atoms with Crippen molar-refractivity contribution in [3.05, 3.63) is 47.5 Å². The Bertz CT molecular complexity index is 678. The molecule has 0 aromatic heterocycles. The lowest BCUT2D eigenvalue weighted by molar-refractivity contribution is 0.853. The van der Waals surface area contributed by atoms with Crippen LogP contribution in [-0.2, 0) is 0 Å². The highest BCUT2D eigenvalue weighted by atomic mass is 35.5. The molecule has 0 saturated heterocycles. The number of halogens is 1. The van der Waals surface area contributed by atoms with Crippen molar-refractivity contribution in [2.24, 2.45) is 0 Å². The molecule has 0 radical (unpaired) electrons. The average Bonchev–Trinajstić information content (AvgIpc) is 2.43. The Morgan fingerprint density at radius 3 is 2.68 bits per heavy atom. The summed E-state index contributed by atoms with van der Waals surface area (Å²) >= 11 is 7.76. The number of hydrogen-bond acceptors (Lipinski definition) is 3. The van der Waals surface area contributed by atoms with Crippen molar-refractivity contribution >= 4 is 34.7 Å². The zero-order valence-corrected chi connectivity index (χ0v) is 11.9. The summed E-state index contributed by atoms with van der Waals surface area (Å²) in [6, 6.07) is 16.0. The predicted octanol–water partition coefficient (Wildman–Crippen LogP) is 4.85. The summed E-state index contributed by atoms with van der Waals surface area (Å²) in [5.74, 6) is 0. The molecule has 0 N–H and O–H groups in total. The Hall–Kier alpha value is -1.63. The van der Waals surface area contributed by atoms with Crippen LogP contribution < -0.4 is 4.90 Å². The lowest BCUT2D eigenvalue weighted by Crippen LogP contribution is -2.29. The molecule has 1 atom stereocenters. The molecule has 2 aromatic carbocycles. The van der Waals surface area contributed by atoms with Gasteiger partial charge in [-0.25, -0.2) is 0 Å². The van der Waals surface area contributed by atoms with Gasteiger partial charge >= 0.3 is 0 Å². The molecule has 1 aliphatic heterocycles. The molecule has 0 saturated carbocycles. The van der Waals surface area contributed by atoms with Crippen molar-refractivity contribution in [3.63, 3.8) is 0 Å². The van der Waals surface area contributed by atoms with E-state index in [1.165, 1.54) is 0 Å². The smallest absolute Gasteiger partial charge is 0.118 e. The van der Waals surface area contributed by atoms with Gasteiger partial charge in [-0.05, 0) is 37.3 Å². The van der Waals surface area contributed by atoms with E-state index in [9.17, 15) is 5.26 Å². The van der Waals surface area contributed by atoms with Gasteiger partial charge in [0.1, 0.15) is 6.04 Å². The first-order valence-electron chi connectivity index (χ1n) is 5.96. The van der Waals surface area contributed by atoms with Crippen LogP contribution in [0.5, 0.6) is 0 Å². The molecule has 94 valence electrons. The number of anilines is 2. The summed E-state index contributed by atoms with van der Waals surface area (Å²) in [5, 5.41) is 9.99. The van der Waals surface area contributed by atoms with E-state index in [1.54, 1.807) is 11.8 Å². The molecule has 0 spiro atoms. The van der Waals surface area contributed by atoms with Crippen LogP contribution in [0.2, 0.25) is 5.02 Å². The quantitative estimate of drug-likeness (QED) is 0.749. The minimum absolute atomic E-state index is 0.220. The van der Waals surface area contributed by atoms with Gasteiger partial charge < -0.3 is 4.90 Å². The predicted molar refractivity (Wildman–Crippen MR) is 79.2 cm³/mol. The molecule has 3 rings (SSSR count). The Morgan fingerprint density at radius 1 is 1.16 bits per heavy atom. The fraction of sp³-hybridized carbons (Fsp3) is 0.133. The maximum atomic E-state index is 9.27. The minimum Gasteiger partial charge on any atom is -0.323 e. The van der Waals surface area contributed by atoms with Crippen LogP contribution in [0.15, 0.2) is 52.3 Å². The lowest BCUT2D eigenvalue weighted by Gasteiger charge is -2.34. The molecule has 0 amide bonds. The van der Waals surface area contributed by atoms with Crippen LogP contribution in [0.4, 0.5) is 11.4 Å². The normalized spacial score (nSPS) is 14.3. The van der Waals surface area contributed by atoms with E-state index in [0.717, 1.165) is 26.2 Å². The van der Waals surface area contributed by atoms with Crippen molar-refractivity contribution in [2.45, 2.75) is 22.8 Å². The number of benzene rings is 2. The number of fused-ring (bicyclic) bond motifs is 2. The molecule has 0 bridgehead atoms. The van der Waals surface area contributed by atoms with E-state index in [-0.39, 0.29) is 6.04 Å². The van der Waals surface area contributed by atoms with E-state index in [4.69, 9.17) is 11.6 Å². The van der Waals surface area contributed by atoms with Crippen LogP contribution in [-0.4, -0.2) is 6.04 Å². The van der Waals surface area contributed by atoms with Gasteiger partial charge in [0.25, 0.3) is 0 Å². The van der Waals surface area contributed by atoms with Crippen molar-refractivity contribution < 1.29 is 0 Å². The van der Waals surface area contributed by atoms with Crippen molar-refractivity contribution in [2.75, 3.05) is 4.90 Å². The minimum atomic E-state index is -0.220.